The van der Waals surface area contributed by atoms with Crippen molar-refractivity contribution >= 4 is 17.5 Å². The van der Waals surface area contributed by atoms with E-state index in [1.165, 1.54) is 19.3 Å². The Morgan fingerprint density at radius 1 is 1.26 bits per heavy atom. The summed E-state index contributed by atoms with van der Waals surface area (Å²) in [7, 11) is 0. The molecule has 0 spiro atoms. The van der Waals surface area contributed by atoms with Gasteiger partial charge >= 0.3 is 0 Å². The highest BCUT2D eigenvalue weighted by molar-refractivity contribution is 6.30. The molecule has 2 saturated carbocycles. The van der Waals surface area contributed by atoms with E-state index < -0.39 is 0 Å². The summed E-state index contributed by atoms with van der Waals surface area (Å²) in [6, 6.07) is 7.43. The van der Waals surface area contributed by atoms with Crippen LogP contribution >= 0.6 is 11.6 Å². The summed E-state index contributed by atoms with van der Waals surface area (Å²) < 4.78 is 5.44. The van der Waals surface area contributed by atoms with Crippen LogP contribution in [0.3, 0.4) is 0 Å². The van der Waals surface area contributed by atoms with Crippen LogP contribution in [0.2, 0.25) is 5.02 Å². The summed E-state index contributed by atoms with van der Waals surface area (Å²) in [6.45, 7) is 0.0789. The first-order valence-electron chi connectivity index (χ1n) is 6.88. The molecule has 3 rings (SSSR count). The van der Waals surface area contributed by atoms with E-state index in [0.29, 0.717) is 22.7 Å². The minimum atomic E-state index is -0.0208. The molecule has 19 heavy (non-hydrogen) atoms. The zero-order chi connectivity index (χ0) is 13.2. The first kappa shape index (κ1) is 12.8. The van der Waals surface area contributed by atoms with Crippen molar-refractivity contribution in [2.24, 2.45) is 11.8 Å². The molecule has 2 fully saturated rings. The van der Waals surface area contributed by atoms with Crippen LogP contribution in [-0.2, 0) is 4.79 Å². The summed E-state index contributed by atoms with van der Waals surface area (Å²) in [5.74, 6) is 2.19. The second-order valence-corrected chi connectivity index (χ2v) is 6.03. The number of amides is 1. The van der Waals surface area contributed by atoms with E-state index in [1.54, 1.807) is 24.3 Å². The third-order valence-corrected chi connectivity index (χ3v) is 4.52. The maximum absolute atomic E-state index is 11.9. The van der Waals surface area contributed by atoms with Crippen molar-refractivity contribution in [3.05, 3.63) is 29.3 Å². The van der Waals surface area contributed by atoms with Crippen LogP contribution in [0.25, 0.3) is 0 Å². The Bertz CT molecular complexity index is 460. The van der Waals surface area contributed by atoms with E-state index >= 15 is 0 Å². The number of halogens is 1. The molecule has 1 aromatic rings. The lowest BCUT2D eigenvalue weighted by molar-refractivity contribution is -0.124. The van der Waals surface area contributed by atoms with Crippen LogP contribution in [0.4, 0.5) is 0 Å². The number of benzene rings is 1. The molecule has 0 heterocycles. The Hall–Kier alpha value is -1.22. The van der Waals surface area contributed by atoms with Crippen molar-refractivity contribution in [1.29, 1.82) is 0 Å². The van der Waals surface area contributed by atoms with Gasteiger partial charge in [-0.25, -0.2) is 0 Å². The van der Waals surface area contributed by atoms with Crippen molar-refractivity contribution in [3.63, 3.8) is 0 Å². The minimum absolute atomic E-state index is 0.0208. The predicted molar refractivity (Wildman–Crippen MR) is 74.3 cm³/mol. The molecule has 0 unspecified atom stereocenters. The van der Waals surface area contributed by atoms with Crippen molar-refractivity contribution in [1.82, 2.24) is 5.32 Å². The Labute approximate surface area is 118 Å². The monoisotopic (exact) mass is 279 g/mol. The van der Waals surface area contributed by atoms with E-state index in [-0.39, 0.29) is 12.5 Å². The van der Waals surface area contributed by atoms with Gasteiger partial charge in [-0.15, -0.1) is 0 Å². The second kappa shape index (κ2) is 5.41. The van der Waals surface area contributed by atoms with Gasteiger partial charge in [0.25, 0.3) is 5.91 Å². The third kappa shape index (κ3) is 3.03. The number of ether oxygens (including phenoxy) is 1. The van der Waals surface area contributed by atoms with Crippen LogP contribution < -0.4 is 10.1 Å². The largest absolute Gasteiger partial charge is 0.484 e. The molecular weight excluding hydrogens is 262 g/mol. The van der Waals surface area contributed by atoms with Gasteiger partial charge < -0.3 is 10.1 Å². The van der Waals surface area contributed by atoms with E-state index in [1.807, 2.05) is 0 Å². The van der Waals surface area contributed by atoms with E-state index in [9.17, 15) is 4.79 Å². The number of carbonyl (C=O) groups excluding carboxylic acids is 1. The Balaban J connectivity index is 1.45. The Morgan fingerprint density at radius 3 is 2.68 bits per heavy atom. The lowest BCUT2D eigenvalue weighted by atomic mass is 9.95. The van der Waals surface area contributed by atoms with Crippen LogP contribution in [0.1, 0.15) is 25.7 Å². The van der Waals surface area contributed by atoms with Gasteiger partial charge in [-0.3, -0.25) is 4.79 Å². The molecular formula is C15H18ClNO2. The summed E-state index contributed by atoms with van der Waals surface area (Å²) in [5.41, 5.74) is 0. The van der Waals surface area contributed by atoms with Crippen LogP contribution in [0, 0.1) is 11.8 Å². The summed E-state index contributed by atoms with van der Waals surface area (Å²) in [6.07, 6.45) is 5.06. The average Bonchev–Trinajstić information content (AvgIpc) is 3.00. The van der Waals surface area contributed by atoms with Gasteiger partial charge in [0, 0.05) is 11.1 Å². The smallest absolute Gasteiger partial charge is 0.258 e. The number of fused-ring (bicyclic) bond motifs is 2. The Morgan fingerprint density at radius 2 is 2.05 bits per heavy atom. The fourth-order valence-corrected chi connectivity index (χ4v) is 3.48. The molecule has 0 radical (unpaired) electrons. The number of rotatable bonds is 4. The molecule has 1 N–H and O–H groups in total. The average molecular weight is 280 g/mol. The first-order chi connectivity index (χ1) is 9.20. The van der Waals surface area contributed by atoms with Crippen LogP contribution in [-0.4, -0.2) is 18.6 Å². The number of hydrogen-bond acceptors (Lipinski definition) is 2. The van der Waals surface area contributed by atoms with Gasteiger partial charge in [0.2, 0.25) is 0 Å². The minimum Gasteiger partial charge on any atom is -0.484 e. The summed E-state index contributed by atoms with van der Waals surface area (Å²) in [4.78, 5) is 11.9. The second-order valence-electron chi connectivity index (χ2n) is 5.59. The summed E-state index contributed by atoms with van der Waals surface area (Å²) in [5, 5.41) is 3.77. The molecule has 2 bridgehead atoms. The van der Waals surface area contributed by atoms with Crippen molar-refractivity contribution in [2.75, 3.05) is 6.61 Å². The van der Waals surface area contributed by atoms with Crippen molar-refractivity contribution < 1.29 is 9.53 Å². The van der Waals surface area contributed by atoms with Crippen molar-refractivity contribution in [2.45, 2.75) is 31.7 Å². The normalized spacial score (nSPS) is 28.4. The van der Waals surface area contributed by atoms with Gasteiger partial charge in [-0.1, -0.05) is 18.0 Å². The van der Waals surface area contributed by atoms with E-state index in [2.05, 4.69) is 5.32 Å². The molecule has 0 saturated heterocycles. The highest BCUT2D eigenvalue weighted by Gasteiger charge is 2.40. The molecule has 102 valence electrons. The highest BCUT2D eigenvalue weighted by Crippen LogP contribution is 2.44. The topological polar surface area (TPSA) is 38.3 Å². The van der Waals surface area contributed by atoms with Gasteiger partial charge in [0.15, 0.2) is 6.61 Å². The third-order valence-electron chi connectivity index (χ3n) is 4.27. The van der Waals surface area contributed by atoms with Crippen LogP contribution in [0.15, 0.2) is 24.3 Å². The molecule has 3 nitrogen and oxygen atoms in total. The SMILES string of the molecule is O=C(COc1ccc(Cl)cc1)N[C@H]1C[C@@H]2CC[C@@H]1C2. The van der Waals surface area contributed by atoms with E-state index in [0.717, 1.165) is 12.3 Å². The molecule has 3 atom stereocenters. The molecule has 4 heteroatoms. The van der Waals surface area contributed by atoms with Crippen molar-refractivity contribution in [3.8, 4) is 5.75 Å². The molecule has 1 amide bonds. The zero-order valence-corrected chi connectivity index (χ0v) is 11.5. The maximum atomic E-state index is 11.9. The fourth-order valence-electron chi connectivity index (χ4n) is 3.35. The lowest BCUT2D eigenvalue weighted by Gasteiger charge is -2.22. The fraction of sp³-hybridized carbons (Fsp3) is 0.533. The summed E-state index contributed by atoms with van der Waals surface area (Å²) >= 11 is 5.79. The first-order valence-corrected chi connectivity index (χ1v) is 7.26. The van der Waals surface area contributed by atoms with Gasteiger partial charge in [-0.2, -0.15) is 0 Å². The van der Waals surface area contributed by atoms with Gasteiger partial charge in [0.05, 0.1) is 0 Å². The van der Waals surface area contributed by atoms with E-state index in [4.69, 9.17) is 16.3 Å². The number of carbonyl (C=O) groups is 1. The quantitative estimate of drug-likeness (QED) is 0.920. The highest BCUT2D eigenvalue weighted by atomic mass is 35.5. The van der Waals surface area contributed by atoms with Crippen LogP contribution in [0.5, 0.6) is 5.75 Å². The van der Waals surface area contributed by atoms with Gasteiger partial charge in [0.1, 0.15) is 5.75 Å². The number of hydrogen-bond donors (Lipinski definition) is 1. The Kier molecular flexibility index (Phi) is 3.65. The zero-order valence-electron chi connectivity index (χ0n) is 10.8. The molecule has 1 aromatic carbocycles. The molecule has 0 aliphatic heterocycles. The van der Waals surface area contributed by atoms with Gasteiger partial charge in [-0.05, 0) is 55.4 Å². The number of nitrogens with one attached hydrogen (secondary N) is 1. The predicted octanol–water partition coefficient (Wildman–Crippen LogP) is 3.02. The molecule has 0 aromatic heterocycles. The molecule has 2 aliphatic carbocycles. The maximum Gasteiger partial charge on any atom is 0.258 e. The standard InChI is InChI=1S/C15H18ClNO2/c16-12-3-5-13(6-4-12)19-9-15(18)17-14-8-10-1-2-11(14)7-10/h3-6,10-11,14H,1-2,7-9H2,(H,17,18)/t10-,11-,14+/m1/s1. The molecule has 2 aliphatic rings. The lowest BCUT2D eigenvalue weighted by Crippen LogP contribution is -2.40.